The largest absolute Gasteiger partial charge is 0.457 e. The highest BCUT2D eigenvalue weighted by Crippen LogP contribution is 2.20. The summed E-state index contributed by atoms with van der Waals surface area (Å²) in [7, 11) is 0. The minimum Gasteiger partial charge on any atom is -0.457 e. The predicted octanol–water partition coefficient (Wildman–Crippen LogP) is 2.83. The maximum atomic E-state index is 10.0. The Morgan fingerprint density at radius 3 is 2.40 bits per heavy atom. The van der Waals surface area contributed by atoms with Crippen LogP contribution in [-0.2, 0) is 16.0 Å². The van der Waals surface area contributed by atoms with Crippen LogP contribution in [0.25, 0.3) is 0 Å². The Hall–Kier alpha value is -1.31. The molecule has 1 aromatic rings. The first-order valence-corrected chi connectivity index (χ1v) is 5.39. The summed E-state index contributed by atoms with van der Waals surface area (Å²) < 4.78 is 4.69. The van der Waals surface area contributed by atoms with Gasteiger partial charge in [-0.2, -0.15) is 0 Å². The van der Waals surface area contributed by atoms with Gasteiger partial charge in [-0.3, -0.25) is 0 Å². The van der Waals surface area contributed by atoms with Crippen LogP contribution in [0, 0.1) is 0 Å². The van der Waals surface area contributed by atoms with Crippen LogP contribution in [0.3, 0.4) is 0 Å². The lowest BCUT2D eigenvalue weighted by atomic mass is 9.96. The number of benzene rings is 1. The molecule has 0 amide bonds. The van der Waals surface area contributed by atoms with Gasteiger partial charge >= 0.3 is 6.47 Å². The highest BCUT2D eigenvalue weighted by atomic mass is 16.5. The molecule has 1 radical (unpaired) electrons. The van der Waals surface area contributed by atoms with E-state index in [1.807, 2.05) is 0 Å². The topological polar surface area (TPSA) is 26.3 Å². The molecule has 0 fully saturated rings. The molecule has 15 heavy (non-hydrogen) atoms. The summed E-state index contributed by atoms with van der Waals surface area (Å²) in [5, 5.41) is 0. The van der Waals surface area contributed by atoms with Crippen molar-refractivity contribution in [3.8, 4) is 0 Å². The Morgan fingerprint density at radius 1 is 1.27 bits per heavy atom. The van der Waals surface area contributed by atoms with E-state index in [1.54, 1.807) is 0 Å². The Balaban J connectivity index is 2.69. The number of aryl methyl sites for hydroxylation is 1. The van der Waals surface area contributed by atoms with Crippen molar-refractivity contribution in [1.29, 1.82) is 0 Å². The fraction of sp³-hybridized carbons (Fsp3) is 0.462. The molecule has 0 N–H and O–H groups in total. The van der Waals surface area contributed by atoms with Crippen LogP contribution in [0.4, 0.5) is 0 Å². The zero-order valence-corrected chi connectivity index (χ0v) is 9.32. The molecule has 2 nitrogen and oxygen atoms in total. The number of hydrogen-bond acceptors (Lipinski definition) is 2. The van der Waals surface area contributed by atoms with Crippen molar-refractivity contribution in [2.24, 2.45) is 0 Å². The first-order valence-electron chi connectivity index (χ1n) is 5.39. The van der Waals surface area contributed by atoms with E-state index in [4.69, 9.17) is 4.74 Å². The maximum Gasteiger partial charge on any atom is 0.417 e. The molecule has 0 spiro atoms. The summed E-state index contributed by atoms with van der Waals surface area (Å²) in [6.45, 7) is 6.12. The lowest BCUT2D eigenvalue weighted by molar-refractivity contribution is 0.252. The smallest absolute Gasteiger partial charge is 0.417 e. The molecule has 2 heteroatoms. The van der Waals surface area contributed by atoms with Crippen LogP contribution < -0.4 is 0 Å². The second-order valence-electron chi connectivity index (χ2n) is 3.59. The molecule has 0 saturated carbocycles. The molecule has 0 aliphatic rings. The quantitative estimate of drug-likeness (QED) is 0.713. The Morgan fingerprint density at radius 2 is 1.93 bits per heavy atom. The molecule has 1 aromatic carbocycles. The Kier molecular flexibility index (Phi) is 4.88. The third-order valence-corrected chi connectivity index (χ3v) is 2.70. The van der Waals surface area contributed by atoms with E-state index in [9.17, 15) is 4.79 Å². The van der Waals surface area contributed by atoms with Gasteiger partial charge in [0.15, 0.2) is 0 Å². The van der Waals surface area contributed by atoms with E-state index >= 15 is 0 Å². The van der Waals surface area contributed by atoms with E-state index in [0.717, 1.165) is 12.8 Å². The van der Waals surface area contributed by atoms with Crippen molar-refractivity contribution in [3.05, 3.63) is 35.4 Å². The van der Waals surface area contributed by atoms with Gasteiger partial charge in [-0.25, -0.2) is 4.79 Å². The molecule has 0 bridgehead atoms. The van der Waals surface area contributed by atoms with Crippen LogP contribution in [0.1, 0.15) is 37.3 Å². The van der Waals surface area contributed by atoms with Crippen LogP contribution >= 0.6 is 0 Å². The average molecular weight is 205 g/mol. The fourth-order valence-electron chi connectivity index (χ4n) is 1.61. The van der Waals surface area contributed by atoms with Crippen molar-refractivity contribution in [1.82, 2.24) is 0 Å². The van der Waals surface area contributed by atoms with Gasteiger partial charge in [-0.1, -0.05) is 38.1 Å². The van der Waals surface area contributed by atoms with Gasteiger partial charge in [0.1, 0.15) is 0 Å². The van der Waals surface area contributed by atoms with E-state index in [-0.39, 0.29) is 5.92 Å². The zero-order chi connectivity index (χ0) is 11.1. The summed E-state index contributed by atoms with van der Waals surface area (Å²) in [5.41, 5.74) is 2.56. The second-order valence-corrected chi connectivity index (χ2v) is 3.59. The van der Waals surface area contributed by atoms with E-state index in [1.165, 1.54) is 17.6 Å². The Labute approximate surface area is 91.3 Å². The molecule has 1 unspecified atom stereocenters. The minimum atomic E-state index is 0.289. The van der Waals surface area contributed by atoms with Crippen molar-refractivity contribution in [2.45, 2.75) is 32.6 Å². The molecular weight excluding hydrogens is 188 g/mol. The van der Waals surface area contributed by atoms with Crippen LogP contribution in [0.2, 0.25) is 0 Å². The Bertz CT molecular complexity index is 290. The summed E-state index contributed by atoms with van der Waals surface area (Å²) in [4.78, 5) is 10.0. The molecule has 81 valence electrons. The fourth-order valence-corrected chi connectivity index (χ4v) is 1.61. The van der Waals surface area contributed by atoms with Gasteiger partial charge in [-0.05, 0) is 24.0 Å². The lowest BCUT2D eigenvalue weighted by Crippen LogP contribution is -2.06. The number of hydrogen-bond donors (Lipinski definition) is 0. The van der Waals surface area contributed by atoms with Gasteiger partial charge < -0.3 is 4.74 Å². The maximum absolute atomic E-state index is 10.0. The van der Waals surface area contributed by atoms with Crippen molar-refractivity contribution < 1.29 is 9.53 Å². The van der Waals surface area contributed by atoms with Gasteiger partial charge in [0.05, 0.1) is 6.61 Å². The number of rotatable bonds is 6. The number of carbonyl (C=O) groups excluding carboxylic acids is 1. The normalized spacial score (nSPS) is 12.1. The summed E-state index contributed by atoms with van der Waals surface area (Å²) in [5.74, 6) is 0.289. The standard InChI is InChI=1S/C13H17O2/c1-3-11-5-7-13(8-6-11)12(4-2)9-15-10-14/h5-8,12H,3-4,9H2,1-2H3. The minimum absolute atomic E-state index is 0.289. The molecule has 0 heterocycles. The third-order valence-electron chi connectivity index (χ3n) is 2.70. The molecule has 1 rings (SSSR count). The molecular formula is C13H17O2. The summed E-state index contributed by atoms with van der Waals surface area (Å²) >= 11 is 0. The van der Waals surface area contributed by atoms with Crippen LogP contribution in [0.5, 0.6) is 0 Å². The van der Waals surface area contributed by atoms with Crippen LogP contribution in [0.15, 0.2) is 24.3 Å². The highest BCUT2D eigenvalue weighted by Gasteiger charge is 2.09. The van der Waals surface area contributed by atoms with Crippen LogP contribution in [-0.4, -0.2) is 13.1 Å². The van der Waals surface area contributed by atoms with Crippen molar-refractivity contribution in [3.63, 3.8) is 0 Å². The van der Waals surface area contributed by atoms with Crippen molar-refractivity contribution in [2.75, 3.05) is 6.61 Å². The van der Waals surface area contributed by atoms with Gasteiger partial charge in [0.25, 0.3) is 0 Å². The molecule has 0 aliphatic heterocycles. The van der Waals surface area contributed by atoms with E-state index in [0.29, 0.717) is 6.61 Å². The summed E-state index contributed by atoms with van der Waals surface area (Å²) in [6, 6.07) is 8.48. The summed E-state index contributed by atoms with van der Waals surface area (Å²) in [6.07, 6.45) is 2.02. The first-order chi connectivity index (χ1) is 7.31. The van der Waals surface area contributed by atoms with E-state index in [2.05, 4.69) is 38.1 Å². The number of ether oxygens (including phenoxy) is 1. The predicted molar refractivity (Wildman–Crippen MR) is 60.5 cm³/mol. The van der Waals surface area contributed by atoms with E-state index < -0.39 is 0 Å². The van der Waals surface area contributed by atoms with Crippen molar-refractivity contribution >= 4 is 6.47 Å². The SMILES string of the molecule is CCc1ccc(C(CC)CO[C]=O)cc1. The first kappa shape index (κ1) is 11.8. The molecule has 0 aromatic heterocycles. The van der Waals surface area contributed by atoms with Gasteiger partial charge in [0, 0.05) is 5.92 Å². The highest BCUT2D eigenvalue weighted by molar-refractivity contribution is 5.38. The van der Waals surface area contributed by atoms with Gasteiger partial charge in [0.2, 0.25) is 0 Å². The van der Waals surface area contributed by atoms with Gasteiger partial charge in [-0.15, -0.1) is 0 Å². The second kappa shape index (κ2) is 6.23. The molecule has 1 atom stereocenters. The monoisotopic (exact) mass is 205 g/mol. The lowest BCUT2D eigenvalue weighted by Gasteiger charge is -2.13. The third kappa shape index (κ3) is 3.39. The molecule has 0 saturated heterocycles. The average Bonchev–Trinajstić information content (AvgIpc) is 2.31. The zero-order valence-electron chi connectivity index (χ0n) is 9.32. The molecule has 0 aliphatic carbocycles.